The number of nitrogens with zero attached hydrogens (tertiary/aromatic N) is 1. The average molecular weight is 492 g/mol. The number of halogens is 1. The van der Waals surface area contributed by atoms with E-state index >= 15 is 0 Å². The normalized spacial score (nSPS) is 29.9. The summed E-state index contributed by atoms with van der Waals surface area (Å²) in [6.07, 6.45) is 1.60. The molecule has 4 atom stereocenters. The van der Waals surface area contributed by atoms with Crippen molar-refractivity contribution in [2.45, 2.75) is 61.7 Å². The maximum atomic E-state index is 13.9. The molecule has 4 aliphatic rings. The summed E-state index contributed by atoms with van der Waals surface area (Å²) in [6.45, 7) is 4.25. The lowest BCUT2D eigenvalue weighted by Crippen LogP contribution is -2.53. The third-order valence-corrected chi connectivity index (χ3v) is 9.32. The van der Waals surface area contributed by atoms with Crippen LogP contribution >= 0.6 is 0 Å². The van der Waals surface area contributed by atoms with Gasteiger partial charge in [0.2, 0.25) is 15.7 Å². The van der Waals surface area contributed by atoms with Gasteiger partial charge in [0, 0.05) is 31.0 Å². The van der Waals surface area contributed by atoms with Crippen molar-refractivity contribution in [2.75, 3.05) is 6.54 Å². The lowest BCUT2D eigenvalue weighted by molar-refractivity contribution is -0.127. The van der Waals surface area contributed by atoms with Crippen molar-refractivity contribution in [1.82, 2.24) is 15.5 Å². The number of hydrogen-bond acceptors (Lipinski definition) is 7. The monoisotopic (exact) mass is 491 g/mol. The first-order valence-corrected chi connectivity index (χ1v) is 12.9. The average Bonchev–Trinajstić information content (AvgIpc) is 3.68. The highest BCUT2D eigenvalue weighted by molar-refractivity contribution is 8.07. The third kappa shape index (κ3) is 3.90. The largest absolute Gasteiger partial charge is 0.445 e. The van der Waals surface area contributed by atoms with Gasteiger partial charge in [0.1, 0.15) is 17.5 Å². The van der Waals surface area contributed by atoms with Crippen LogP contribution in [0.15, 0.2) is 30.9 Å². The molecule has 5 rings (SSSR count). The molecule has 11 heteroatoms. The Balaban J connectivity index is 1.18. The highest BCUT2D eigenvalue weighted by Crippen LogP contribution is 2.48. The zero-order valence-corrected chi connectivity index (χ0v) is 19.3. The van der Waals surface area contributed by atoms with E-state index in [1.165, 1.54) is 17.0 Å². The molecule has 3 fully saturated rings. The first kappa shape index (κ1) is 23.0. The smallest absolute Gasteiger partial charge is 0.410 e. The van der Waals surface area contributed by atoms with E-state index < -0.39 is 55.8 Å². The molecule has 0 bridgehead atoms. The highest BCUT2D eigenvalue weighted by Gasteiger charge is 2.65. The van der Waals surface area contributed by atoms with E-state index in [2.05, 4.69) is 17.2 Å². The van der Waals surface area contributed by atoms with Crippen molar-refractivity contribution < 1.29 is 31.9 Å². The number of benzene rings is 1. The Hall–Kier alpha value is -2.79. The zero-order valence-electron chi connectivity index (χ0n) is 18.5. The number of carbonyl (C=O) groups is 3. The van der Waals surface area contributed by atoms with Gasteiger partial charge in [-0.25, -0.2) is 17.6 Å². The number of fused-ring (bicyclic) bond motifs is 1. The van der Waals surface area contributed by atoms with Crippen molar-refractivity contribution >= 4 is 27.0 Å². The summed E-state index contributed by atoms with van der Waals surface area (Å²) >= 11 is 0. The summed E-state index contributed by atoms with van der Waals surface area (Å²) in [5.41, 5.74) is -0.267. The second-order valence-corrected chi connectivity index (χ2v) is 11.6. The van der Waals surface area contributed by atoms with E-state index in [4.69, 9.17) is 4.74 Å². The fraction of sp³-hybridized carbons (Fsp3) is 0.522. The predicted molar refractivity (Wildman–Crippen MR) is 118 cm³/mol. The Labute approximate surface area is 196 Å². The Morgan fingerprint density at radius 2 is 2.03 bits per heavy atom. The SMILES string of the molecule is C=C[C@@H]1C[C@]1(NC(=O)[C@@H]1C[C@@H](OC(=O)N2Cc3cccc(F)c3C2)CN1)C(=O)S(=O)(=O)C1CC1. The van der Waals surface area contributed by atoms with Crippen LogP contribution in [-0.4, -0.2) is 59.9 Å². The first-order valence-electron chi connectivity index (χ1n) is 11.3. The van der Waals surface area contributed by atoms with Crippen molar-refractivity contribution in [3.63, 3.8) is 0 Å². The van der Waals surface area contributed by atoms with Crippen molar-refractivity contribution in [1.29, 1.82) is 0 Å². The molecule has 2 aliphatic heterocycles. The van der Waals surface area contributed by atoms with Gasteiger partial charge in [-0.3, -0.25) is 14.5 Å². The second kappa shape index (κ2) is 8.16. The number of sulfone groups is 1. The Bertz CT molecular complexity index is 1180. The lowest BCUT2D eigenvalue weighted by atomic mass is 10.1. The summed E-state index contributed by atoms with van der Waals surface area (Å²) in [6, 6.07) is 3.96. The standard InChI is InChI=1S/C23H26FN3O6S/c1-2-14-9-23(14,21(29)34(31,32)16-6-7-16)26-20(28)19-8-15(10-25-19)33-22(30)27-11-13-4-3-5-18(24)17(13)12-27/h2-5,14-16,19,25H,1,6-12H2,(H,26,28)/t14-,15-,19+,23-/m1/s1. The molecular weight excluding hydrogens is 465 g/mol. The molecule has 1 saturated heterocycles. The minimum Gasteiger partial charge on any atom is -0.445 e. The van der Waals surface area contributed by atoms with Crippen molar-refractivity contribution in [2.24, 2.45) is 5.92 Å². The Morgan fingerprint density at radius 3 is 2.68 bits per heavy atom. The summed E-state index contributed by atoms with van der Waals surface area (Å²) in [5, 5.41) is 4.03. The van der Waals surface area contributed by atoms with Crippen LogP contribution in [-0.2, 0) is 37.3 Å². The first-order chi connectivity index (χ1) is 16.2. The van der Waals surface area contributed by atoms with Gasteiger partial charge in [-0.15, -0.1) is 6.58 Å². The van der Waals surface area contributed by atoms with Crippen LogP contribution in [0.25, 0.3) is 0 Å². The van der Waals surface area contributed by atoms with Crippen LogP contribution in [0, 0.1) is 11.7 Å². The van der Waals surface area contributed by atoms with Crippen LogP contribution in [0.5, 0.6) is 0 Å². The number of carbonyl (C=O) groups excluding carboxylic acids is 3. The maximum Gasteiger partial charge on any atom is 0.410 e. The molecule has 1 aromatic carbocycles. The molecule has 2 heterocycles. The van der Waals surface area contributed by atoms with E-state index in [1.54, 1.807) is 12.1 Å². The molecular formula is C23H26FN3O6S. The van der Waals surface area contributed by atoms with E-state index in [0.717, 1.165) is 5.56 Å². The number of nitrogens with one attached hydrogen (secondary N) is 2. The van der Waals surface area contributed by atoms with Crippen LogP contribution in [0.2, 0.25) is 0 Å². The van der Waals surface area contributed by atoms with Gasteiger partial charge >= 0.3 is 6.09 Å². The molecule has 182 valence electrons. The Kier molecular flexibility index (Phi) is 5.51. The molecule has 2 N–H and O–H groups in total. The summed E-state index contributed by atoms with van der Waals surface area (Å²) in [5.74, 6) is -1.32. The fourth-order valence-corrected chi connectivity index (χ4v) is 6.67. The lowest BCUT2D eigenvalue weighted by Gasteiger charge is -2.21. The van der Waals surface area contributed by atoms with Gasteiger partial charge in [-0.1, -0.05) is 18.2 Å². The molecule has 0 aromatic heterocycles. The molecule has 34 heavy (non-hydrogen) atoms. The minimum absolute atomic E-state index is 0.119. The minimum atomic E-state index is -3.96. The quantitative estimate of drug-likeness (QED) is 0.573. The number of amides is 2. The topological polar surface area (TPSA) is 122 Å². The van der Waals surface area contributed by atoms with Gasteiger partial charge in [0.15, 0.2) is 0 Å². The second-order valence-electron chi connectivity index (χ2n) is 9.47. The van der Waals surface area contributed by atoms with E-state index in [1.807, 2.05) is 0 Å². The van der Waals surface area contributed by atoms with Gasteiger partial charge in [-0.2, -0.15) is 0 Å². The molecule has 0 unspecified atom stereocenters. The van der Waals surface area contributed by atoms with Crippen LogP contribution in [0.3, 0.4) is 0 Å². The van der Waals surface area contributed by atoms with Crippen LogP contribution in [0.1, 0.15) is 36.8 Å². The van der Waals surface area contributed by atoms with Gasteiger partial charge in [0.05, 0.1) is 17.8 Å². The molecule has 2 amide bonds. The molecule has 0 spiro atoms. The molecule has 2 saturated carbocycles. The zero-order chi connectivity index (χ0) is 24.3. The van der Waals surface area contributed by atoms with Crippen molar-refractivity contribution in [3.05, 3.63) is 47.8 Å². The third-order valence-electron chi connectivity index (χ3n) is 7.09. The van der Waals surface area contributed by atoms with E-state index in [9.17, 15) is 27.2 Å². The molecule has 9 nitrogen and oxygen atoms in total. The van der Waals surface area contributed by atoms with E-state index in [0.29, 0.717) is 18.4 Å². The molecule has 1 aromatic rings. The van der Waals surface area contributed by atoms with Crippen molar-refractivity contribution in [3.8, 4) is 0 Å². The van der Waals surface area contributed by atoms with Gasteiger partial charge in [0.25, 0.3) is 5.12 Å². The van der Waals surface area contributed by atoms with Gasteiger partial charge in [-0.05, 0) is 30.9 Å². The maximum absolute atomic E-state index is 13.9. The fourth-order valence-electron chi connectivity index (χ4n) is 4.81. The summed E-state index contributed by atoms with van der Waals surface area (Å²) in [7, 11) is -3.96. The van der Waals surface area contributed by atoms with Crippen LogP contribution in [0.4, 0.5) is 9.18 Å². The van der Waals surface area contributed by atoms with E-state index in [-0.39, 0.29) is 38.3 Å². The molecule has 2 aliphatic carbocycles. The molecule has 0 radical (unpaired) electrons. The predicted octanol–water partition coefficient (Wildman–Crippen LogP) is 1.17. The summed E-state index contributed by atoms with van der Waals surface area (Å²) in [4.78, 5) is 39.7. The number of rotatable bonds is 6. The Morgan fingerprint density at radius 1 is 1.26 bits per heavy atom. The van der Waals surface area contributed by atoms with Crippen LogP contribution < -0.4 is 10.6 Å². The highest BCUT2D eigenvalue weighted by atomic mass is 32.2. The number of hydrogen-bond donors (Lipinski definition) is 2. The number of ether oxygens (including phenoxy) is 1. The summed E-state index contributed by atoms with van der Waals surface area (Å²) < 4.78 is 44.5. The van der Waals surface area contributed by atoms with Gasteiger partial charge < -0.3 is 15.4 Å².